The summed E-state index contributed by atoms with van der Waals surface area (Å²) in [5.41, 5.74) is 12.0. The predicted octanol–water partition coefficient (Wildman–Crippen LogP) is 14.0. The van der Waals surface area contributed by atoms with Gasteiger partial charge in [-0.1, -0.05) is 140 Å². The molecule has 0 fully saturated rings. The molecule has 0 aliphatic heterocycles. The maximum Gasteiger partial charge on any atom is 0.160 e. The van der Waals surface area contributed by atoms with Crippen LogP contribution in [0.1, 0.15) is 0 Å². The van der Waals surface area contributed by atoms with Gasteiger partial charge in [0.25, 0.3) is 0 Å². The van der Waals surface area contributed by atoms with Gasteiger partial charge < -0.3 is 9.13 Å². The Labute approximate surface area is 334 Å². The first-order valence-corrected chi connectivity index (χ1v) is 19.7. The average Bonchev–Trinajstić information content (AvgIpc) is 3.88. The Bertz CT molecular complexity index is 3550. The van der Waals surface area contributed by atoms with Crippen molar-refractivity contribution in [3.63, 3.8) is 0 Å². The molecule has 270 valence electrons. The summed E-state index contributed by atoms with van der Waals surface area (Å²) in [6, 6.07) is 71.7. The van der Waals surface area contributed by atoms with Crippen molar-refractivity contribution in [2.75, 3.05) is 0 Å². The van der Waals surface area contributed by atoms with Crippen LogP contribution in [0, 0.1) is 0 Å². The number of hydrogen-bond donors (Lipinski definition) is 0. The lowest BCUT2D eigenvalue weighted by molar-refractivity contribution is 1.13. The second kappa shape index (κ2) is 12.9. The van der Waals surface area contributed by atoms with Crippen LogP contribution < -0.4 is 0 Å². The Hall–Kier alpha value is -7.82. The molecule has 3 heterocycles. The molecule has 12 rings (SSSR count). The number of fused-ring (bicyclic) bond motifs is 8. The number of nitrogens with zero attached hydrogens (tertiary/aromatic N) is 4. The van der Waals surface area contributed by atoms with Gasteiger partial charge in [-0.15, -0.1) is 0 Å². The van der Waals surface area contributed by atoms with E-state index in [1.165, 1.54) is 49.0 Å². The summed E-state index contributed by atoms with van der Waals surface area (Å²) in [4.78, 5) is 10.5. The van der Waals surface area contributed by atoms with Gasteiger partial charge in [-0.3, -0.25) is 0 Å². The summed E-state index contributed by atoms with van der Waals surface area (Å²) in [5, 5.41) is 9.50. The topological polar surface area (TPSA) is 35.6 Å². The molecule has 0 spiro atoms. The first kappa shape index (κ1) is 32.4. The van der Waals surface area contributed by atoms with Crippen molar-refractivity contribution in [1.82, 2.24) is 19.1 Å². The Morgan fingerprint density at radius 1 is 0.362 bits per heavy atom. The van der Waals surface area contributed by atoms with Crippen LogP contribution in [0.5, 0.6) is 0 Å². The van der Waals surface area contributed by atoms with Crippen LogP contribution in [0.4, 0.5) is 0 Å². The van der Waals surface area contributed by atoms with Gasteiger partial charge in [-0.2, -0.15) is 0 Å². The predicted molar refractivity (Wildman–Crippen MR) is 242 cm³/mol. The Morgan fingerprint density at radius 2 is 1.07 bits per heavy atom. The lowest BCUT2D eigenvalue weighted by Crippen LogP contribution is -1.96. The van der Waals surface area contributed by atoms with Crippen molar-refractivity contribution in [2.45, 2.75) is 0 Å². The van der Waals surface area contributed by atoms with Gasteiger partial charge in [-0.05, 0) is 93.3 Å². The molecule has 0 unspecified atom stereocenters. The molecule has 0 amide bonds. The second-order valence-corrected chi connectivity index (χ2v) is 15.0. The maximum atomic E-state index is 5.35. The van der Waals surface area contributed by atoms with Crippen molar-refractivity contribution in [2.24, 2.45) is 0 Å². The normalized spacial score (nSPS) is 11.8. The molecule has 9 aromatic carbocycles. The van der Waals surface area contributed by atoms with E-state index < -0.39 is 0 Å². The number of rotatable bonds is 5. The third kappa shape index (κ3) is 5.09. The summed E-state index contributed by atoms with van der Waals surface area (Å²) < 4.78 is 4.71. The molecule has 0 saturated heterocycles. The SMILES string of the molecule is c1ccc(-n2ccc3c2ccc2c4cc(-c5nc(-c6ccc(-c7cccc8ccccc78)cc6)c6ccccc6n5)ccc4n(-c4ccc5ccccc5c4)c23)cc1. The molecule has 0 aliphatic rings. The largest absolute Gasteiger partial charge is 0.316 e. The van der Waals surface area contributed by atoms with E-state index in [2.05, 4.69) is 216 Å². The number of aromatic nitrogens is 4. The van der Waals surface area contributed by atoms with E-state index in [1.54, 1.807) is 0 Å². The molecule has 0 aliphatic carbocycles. The average molecular weight is 739 g/mol. The molecule has 4 heteroatoms. The van der Waals surface area contributed by atoms with Gasteiger partial charge in [0.2, 0.25) is 0 Å². The molecule has 3 aromatic heterocycles. The summed E-state index contributed by atoms with van der Waals surface area (Å²) >= 11 is 0. The van der Waals surface area contributed by atoms with Crippen molar-refractivity contribution < 1.29 is 0 Å². The van der Waals surface area contributed by atoms with Gasteiger partial charge in [0.15, 0.2) is 5.82 Å². The Kier molecular flexibility index (Phi) is 7.20. The molecular formula is C54H34N4. The van der Waals surface area contributed by atoms with Crippen LogP contribution >= 0.6 is 0 Å². The van der Waals surface area contributed by atoms with Crippen LogP contribution in [-0.2, 0) is 0 Å². The van der Waals surface area contributed by atoms with Crippen molar-refractivity contribution in [3.8, 4) is 45.1 Å². The number of para-hydroxylation sites is 2. The van der Waals surface area contributed by atoms with Gasteiger partial charge in [0, 0.05) is 50.2 Å². The molecule has 0 radical (unpaired) electrons. The fraction of sp³-hybridized carbons (Fsp3) is 0. The van der Waals surface area contributed by atoms with Gasteiger partial charge in [0.1, 0.15) is 0 Å². The second-order valence-electron chi connectivity index (χ2n) is 15.0. The van der Waals surface area contributed by atoms with Gasteiger partial charge in [0.05, 0.1) is 27.8 Å². The minimum Gasteiger partial charge on any atom is -0.316 e. The first-order chi connectivity index (χ1) is 28.7. The Balaban J connectivity index is 1.05. The van der Waals surface area contributed by atoms with E-state index in [-0.39, 0.29) is 0 Å². The lowest BCUT2D eigenvalue weighted by Gasteiger charge is -2.12. The lowest BCUT2D eigenvalue weighted by atomic mass is 9.96. The zero-order chi connectivity index (χ0) is 38.2. The number of hydrogen-bond acceptors (Lipinski definition) is 2. The minimum atomic E-state index is 0.705. The van der Waals surface area contributed by atoms with Gasteiger partial charge >= 0.3 is 0 Å². The summed E-state index contributed by atoms with van der Waals surface area (Å²) in [5.74, 6) is 0.705. The van der Waals surface area contributed by atoms with Crippen LogP contribution in [-0.4, -0.2) is 19.1 Å². The molecular weight excluding hydrogens is 705 g/mol. The molecule has 4 nitrogen and oxygen atoms in total. The smallest absolute Gasteiger partial charge is 0.160 e. The summed E-state index contributed by atoms with van der Waals surface area (Å²) in [6.07, 6.45) is 2.19. The minimum absolute atomic E-state index is 0.705. The zero-order valence-electron chi connectivity index (χ0n) is 31.4. The standard InChI is InChI=1S/C54H34N4/c1-2-15-41(16-3-1)57-32-31-47-50(57)30-28-45-48-34-40(26-29-51(48)58(53(45)47)42-27-25-35-11-4-5-13-39(35)33-42)54-55-49-20-9-8-18-46(49)52(56-54)38-23-21-37(22-24-38)44-19-10-14-36-12-6-7-17-43(36)44/h1-34H. The fourth-order valence-corrected chi connectivity index (χ4v) is 8.97. The molecule has 58 heavy (non-hydrogen) atoms. The van der Waals surface area contributed by atoms with Gasteiger partial charge in [-0.25, -0.2) is 9.97 Å². The Morgan fingerprint density at radius 3 is 1.95 bits per heavy atom. The highest BCUT2D eigenvalue weighted by Gasteiger charge is 2.20. The fourth-order valence-electron chi connectivity index (χ4n) is 8.97. The summed E-state index contributed by atoms with van der Waals surface area (Å²) in [6.45, 7) is 0. The van der Waals surface area contributed by atoms with E-state index in [0.717, 1.165) is 55.5 Å². The monoisotopic (exact) mass is 738 g/mol. The third-order valence-electron chi connectivity index (χ3n) is 11.7. The quantitative estimate of drug-likeness (QED) is 0.176. The number of benzene rings is 9. The van der Waals surface area contributed by atoms with E-state index in [1.807, 2.05) is 0 Å². The first-order valence-electron chi connectivity index (χ1n) is 19.7. The highest BCUT2D eigenvalue weighted by molar-refractivity contribution is 6.19. The van der Waals surface area contributed by atoms with Crippen LogP contribution in [0.25, 0.3) is 110 Å². The molecule has 0 atom stereocenters. The van der Waals surface area contributed by atoms with Crippen molar-refractivity contribution >= 4 is 65.2 Å². The van der Waals surface area contributed by atoms with Crippen LogP contribution in [0.15, 0.2) is 206 Å². The van der Waals surface area contributed by atoms with E-state index in [0.29, 0.717) is 5.82 Å². The highest BCUT2D eigenvalue weighted by Crippen LogP contribution is 2.40. The van der Waals surface area contributed by atoms with Crippen molar-refractivity contribution in [1.29, 1.82) is 0 Å². The third-order valence-corrected chi connectivity index (χ3v) is 11.7. The van der Waals surface area contributed by atoms with Crippen LogP contribution in [0.2, 0.25) is 0 Å². The van der Waals surface area contributed by atoms with Crippen LogP contribution in [0.3, 0.4) is 0 Å². The highest BCUT2D eigenvalue weighted by atomic mass is 15.0. The van der Waals surface area contributed by atoms with Crippen molar-refractivity contribution in [3.05, 3.63) is 206 Å². The summed E-state index contributed by atoms with van der Waals surface area (Å²) in [7, 11) is 0. The van der Waals surface area contributed by atoms with E-state index in [4.69, 9.17) is 9.97 Å². The zero-order valence-corrected chi connectivity index (χ0v) is 31.4. The molecule has 0 saturated carbocycles. The molecule has 0 N–H and O–H groups in total. The maximum absolute atomic E-state index is 5.35. The van der Waals surface area contributed by atoms with E-state index in [9.17, 15) is 0 Å². The molecule has 0 bridgehead atoms. The van der Waals surface area contributed by atoms with E-state index >= 15 is 0 Å². The molecule has 12 aromatic rings.